The number of nitrogens with one attached hydrogen (secondary N) is 1. The van der Waals surface area contributed by atoms with E-state index in [0.29, 0.717) is 28.1 Å². The zero-order valence-corrected chi connectivity index (χ0v) is 28.0. The molecule has 3 N–H and O–H groups in total. The predicted octanol–water partition coefficient (Wildman–Crippen LogP) is 6.06. The molecule has 1 atom stereocenters. The van der Waals surface area contributed by atoms with Crippen molar-refractivity contribution in [3.8, 4) is 6.07 Å². The van der Waals surface area contributed by atoms with Crippen LogP contribution in [0, 0.1) is 29.1 Å². The van der Waals surface area contributed by atoms with Crippen LogP contribution in [0.2, 0.25) is 0 Å². The van der Waals surface area contributed by atoms with Gasteiger partial charge in [-0.3, -0.25) is 9.69 Å². The van der Waals surface area contributed by atoms with E-state index in [1.54, 1.807) is 6.07 Å². The van der Waals surface area contributed by atoms with E-state index >= 15 is 0 Å². The van der Waals surface area contributed by atoms with Gasteiger partial charge in [-0.25, -0.2) is 4.98 Å². The lowest BCUT2D eigenvalue weighted by Crippen LogP contribution is -2.75. The van der Waals surface area contributed by atoms with Gasteiger partial charge >= 0.3 is 6.18 Å². The average Bonchev–Trinajstić information content (AvgIpc) is 3.77. The van der Waals surface area contributed by atoms with Gasteiger partial charge in [0.2, 0.25) is 11.9 Å². The van der Waals surface area contributed by atoms with Gasteiger partial charge in [0.15, 0.2) is 0 Å². The van der Waals surface area contributed by atoms with Crippen LogP contribution in [0.1, 0.15) is 67.1 Å². The third kappa shape index (κ3) is 5.28. The quantitative estimate of drug-likeness (QED) is 0.233. The number of likely N-dealkylation sites (tertiary alicyclic amines) is 1. The number of aromatic nitrogens is 3. The van der Waals surface area contributed by atoms with Crippen LogP contribution >= 0.6 is 11.3 Å². The smallest absolute Gasteiger partial charge is 0.368 e. The topological polar surface area (TPSA) is 116 Å². The van der Waals surface area contributed by atoms with Crippen molar-refractivity contribution in [2.45, 2.75) is 83.6 Å². The molecule has 3 saturated carbocycles. The summed E-state index contributed by atoms with van der Waals surface area (Å²) in [6.07, 6.45) is 0.173. The van der Waals surface area contributed by atoms with Gasteiger partial charge in [-0.15, -0.1) is 11.3 Å². The lowest BCUT2D eigenvalue weighted by Gasteiger charge is -2.70. The molecule has 13 heteroatoms. The summed E-state index contributed by atoms with van der Waals surface area (Å²) in [5.41, 5.74) is 10.4. The Morgan fingerprint density at radius 3 is 2.62 bits per heavy atom. The number of fused-ring (bicyclic) bond motifs is 2. The van der Waals surface area contributed by atoms with Crippen molar-refractivity contribution in [1.82, 2.24) is 24.8 Å². The molecule has 252 valence electrons. The molecule has 3 aliphatic carbocycles. The third-order valence-corrected chi connectivity index (χ3v) is 12.4. The number of benzene rings is 1. The number of anilines is 2. The zero-order valence-electron chi connectivity index (χ0n) is 27.2. The lowest BCUT2D eigenvalue weighted by molar-refractivity contribution is -0.171. The number of aryl methyl sites for hydroxylation is 1. The van der Waals surface area contributed by atoms with Crippen molar-refractivity contribution in [3.05, 3.63) is 46.0 Å². The molecule has 1 spiro atoms. The van der Waals surface area contributed by atoms with Crippen LogP contribution in [-0.2, 0) is 24.3 Å². The molecule has 2 bridgehead atoms. The van der Waals surface area contributed by atoms with Gasteiger partial charge < -0.3 is 20.5 Å². The molecule has 9 nitrogen and oxygen atoms in total. The maximum Gasteiger partial charge on any atom is 0.393 e. The second kappa shape index (κ2) is 10.8. The molecule has 5 aliphatic rings. The lowest BCUT2D eigenvalue weighted by atomic mass is 9.39. The number of thiophene rings is 1. The maximum atomic E-state index is 13.1. The monoisotopic (exact) mass is 676 g/mol. The van der Waals surface area contributed by atoms with E-state index < -0.39 is 12.6 Å². The van der Waals surface area contributed by atoms with E-state index in [1.165, 1.54) is 11.1 Å². The molecule has 0 radical (unpaired) electrons. The maximum absolute atomic E-state index is 13.1. The molecule has 3 aromatic heterocycles. The Kier molecular flexibility index (Phi) is 7.06. The van der Waals surface area contributed by atoms with Crippen LogP contribution in [0.3, 0.4) is 0 Å². The number of rotatable bonds is 8. The van der Waals surface area contributed by atoms with Crippen LogP contribution in [0.5, 0.6) is 0 Å². The minimum absolute atomic E-state index is 0.0339. The number of carbonyl (C=O) groups is 1. The van der Waals surface area contributed by atoms with Gasteiger partial charge in [0.1, 0.15) is 22.4 Å². The van der Waals surface area contributed by atoms with Gasteiger partial charge in [0, 0.05) is 65.9 Å². The Labute approximate surface area is 280 Å². The van der Waals surface area contributed by atoms with E-state index in [2.05, 4.69) is 54.8 Å². The summed E-state index contributed by atoms with van der Waals surface area (Å²) in [5.74, 6) is 0.831. The summed E-state index contributed by atoms with van der Waals surface area (Å²) >= 11 is 1.03. The van der Waals surface area contributed by atoms with E-state index in [9.17, 15) is 23.2 Å². The van der Waals surface area contributed by atoms with Crippen molar-refractivity contribution in [2.75, 3.05) is 36.8 Å². The highest BCUT2D eigenvalue weighted by Gasteiger charge is 2.68. The molecule has 4 aromatic rings. The first-order valence-electron chi connectivity index (χ1n) is 16.7. The highest BCUT2D eigenvalue weighted by atomic mass is 32.1. The second-order valence-corrected chi connectivity index (χ2v) is 16.1. The van der Waals surface area contributed by atoms with Gasteiger partial charge in [0.25, 0.3) is 0 Å². The fourth-order valence-corrected chi connectivity index (χ4v) is 10.4. The van der Waals surface area contributed by atoms with E-state index in [1.807, 2.05) is 13.0 Å². The molecular formula is C35H39F3N8OS. The third-order valence-electron chi connectivity index (χ3n) is 11.4. The van der Waals surface area contributed by atoms with E-state index in [-0.39, 0.29) is 33.1 Å². The summed E-state index contributed by atoms with van der Waals surface area (Å²) in [6.45, 7) is 9.08. The minimum Gasteiger partial charge on any atom is -0.368 e. The molecule has 1 unspecified atom stereocenters. The molecule has 9 rings (SSSR count). The van der Waals surface area contributed by atoms with Crippen molar-refractivity contribution in [3.63, 3.8) is 0 Å². The van der Waals surface area contributed by atoms with Gasteiger partial charge in [-0.1, -0.05) is 13.0 Å². The number of nitrogen functional groups attached to an aromatic ring is 1. The Balaban J connectivity index is 0.959. The van der Waals surface area contributed by atoms with Crippen LogP contribution < -0.4 is 16.0 Å². The Bertz CT molecular complexity index is 1990. The summed E-state index contributed by atoms with van der Waals surface area (Å²) in [6, 6.07) is 10.4. The molecule has 1 aromatic carbocycles. The zero-order chi connectivity index (χ0) is 33.6. The van der Waals surface area contributed by atoms with E-state index in [4.69, 9.17) is 5.73 Å². The predicted molar refractivity (Wildman–Crippen MR) is 180 cm³/mol. The van der Waals surface area contributed by atoms with E-state index in [0.717, 1.165) is 93.6 Å². The SMILES string of the molecule is CCC(=O)NC12CC(Cn3c(C#N)cc4c(C)c(CN5CCC6(CCN(c7nc(N)nc8sc(CC(F)(F)F)cc78)C6)C5)ccc43)(C1)C2. The van der Waals surface area contributed by atoms with Crippen molar-refractivity contribution in [2.24, 2.45) is 10.8 Å². The normalized spacial score (nSPS) is 26.7. The van der Waals surface area contributed by atoms with Gasteiger partial charge in [-0.05, 0) is 80.3 Å². The van der Waals surface area contributed by atoms with Crippen LogP contribution in [0.4, 0.5) is 24.9 Å². The molecule has 48 heavy (non-hydrogen) atoms. The highest BCUT2D eigenvalue weighted by molar-refractivity contribution is 7.18. The largest absolute Gasteiger partial charge is 0.393 e. The first kappa shape index (κ1) is 31.4. The molecule has 5 fully saturated rings. The molecule has 1 amide bonds. The van der Waals surface area contributed by atoms with Crippen LogP contribution in [0.15, 0.2) is 24.3 Å². The Morgan fingerprint density at radius 2 is 1.90 bits per heavy atom. The Morgan fingerprint density at radius 1 is 1.12 bits per heavy atom. The fraction of sp³-hybridized carbons (Fsp3) is 0.543. The standard InChI is InChI=1S/C35H39F3N8OS/c1-3-28(47)43-34-15-33(16-34,17-34)20-46-23(13-39)10-25-21(2)22(4-5-27(25)46)14-44-8-6-32(18-44)7-9-45(19-32)29-26-11-24(12-35(36,37)38)48-30(26)42-31(40)41-29/h4-5,10-11H,3,6-9,12,14-20H2,1-2H3,(H,43,47)(H2,40,41,42). The van der Waals surface area contributed by atoms with Gasteiger partial charge in [0.05, 0.1) is 11.8 Å². The number of nitrogens with zero attached hydrogens (tertiary/aromatic N) is 6. The molecule has 2 aliphatic heterocycles. The summed E-state index contributed by atoms with van der Waals surface area (Å²) in [5, 5.41) is 15.0. The number of hydrogen-bond donors (Lipinski definition) is 2. The fourth-order valence-electron chi connectivity index (χ4n) is 9.32. The number of carbonyl (C=O) groups excluding carboxylic acids is 1. The van der Waals surface area contributed by atoms with Crippen LogP contribution in [-0.4, -0.2) is 63.2 Å². The molecular weight excluding hydrogens is 638 g/mol. The summed E-state index contributed by atoms with van der Waals surface area (Å²) in [7, 11) is 0. The number of alkyl halides is 3. The molecule has 5 heterocycles. The number of halogens is 3. The van der Waals surface area contributed by atoms with Gasteiger partial charge in [-0.2, -0.15) is 23.4 Å². The average molecular weight is 677 g/mol. The first-order chi connectivity index (χ1) is 22.8. The summed E-state index contributed by atoms with van der Waals surface area (Å²) < 4.78 is 41.5. The second-order valence-electron chi connectivity index (χ2n) is 15.0. The number of hydrogen-bond acceptors (Lipinski definition) is 8. The highest BCUT2D eigenvalue weighted by Crippen LogP contribution is 2.68. The van der Waals surface area contributed by atoms with Crippen molar-refractivity contribution in [1.29, 1.82) is 5.26 Å². The number of amides is 1. The van der Waals surface area contributed by atoms with Crippen molar-refractivity contribution >= 4 is 50.1 Å². The van der Waals surface area contributed by atoms with Crippen LogP contribution in [0.25, 0.3) is 21.1 Å². The molecule has 2 saturated heterocycles. The Hall–Kier alpha value is -3.89. The summed E-state index contributed by atoms with van der Waals surface area (Å²) in [4.78, 5) is 26.1. The number of nitrogens with two attached hydrogens (primary N) is 1. The minimum atomic E-state index is -4.29. The first-order valence-corrected chi connectivity index (χ1v) is 17.5. The van der Waals surface area contributed by atoms with Crippen molar-refractivity contribution < 1.29 is 18.0 Å². The number of nitriles is 1.